The van der Waals surface area contributed by atoms with Gasteiger partial charge in [0.05, 0.1) is 12.5 Å². The number of urea groups is 1. The summed E-state index contributed by atoms with van der Waals surface area (Å²) in [5, 5.41) is 14.6. The molecule has 0 aliphatic carbocycles. The molecule has 4 nitrogen and oxygen atoms in total. The lowest BCUT2D eigenvalue weighted by Gasteiger charge is -2.26. The van der Waals surface area contributed by atoms with Crippen LogP contribution in [0.1, 0.15) is 26.3 Å². The zero-order valence-electron chi connectivity index (χ0n) is 12.8. The van der Waals surface area contributed by atoms with Gasteiger partial charge < -0.3 is 15.7 Å². The monoisotopic (exact) mass is 318 g/mol. The molecule has 0 aromatic heterocycles. The number of hydrogen-bond donors (Lipinski definition) is 3. The van der Waals surface area contributed by atoms with Gasteiger partial charge in [-0.2, -0.15) is 13.2 Å². The zero-order chi connectivity index (χ0) is 17.0. The summed E-state index contributed by atoms with van der Waals surface area (Å²) >= 11 is 0. The van der Waals surface area contributed by atoms with E-state index in [9.17, 15) is 23.1 Å². The Kier molecular flexibility index (Phi) is 5.82. The molecule has 1 aromatic rings. The van der Waals surface area contributed by atoms with E-state index in [1.54, 1.807) is 6.07 Å². The van der Waals surface area contributed by atoms with E-state index in [1.165, 1.54) is 18.2 Å². The molecule has 0 spiro atoms. The van der Waals surface area contributed by atoms with E-state index in [4.69, 9.17) is 0 Å². The quantitative estimate of drug-likeness (QED) is 0.797. The van der Waals surface area contributed by atoms with E-state index in [0.717, 1.165) is 0 Å². The number of amides is 2. The number of carbonyl (C=O) groups is 1. The molecule has 0 heterocycles. The predicted octanol–water partition coefficient (Wildman–Crippen LogP) is 3.32. The van der Waals surface area contributed by atoms with Crippen molar-refractivity contribution in [2.24, 2.45) is 5.41 Å². The molecule has 0 bridgehead atoms. The second-order valence-electron chi connectivity index (χ2n) is 6.17. The van der Waals surface area contributed by atoms with Crippen LogP contribution in [-0.2, 0) is 6.42 Å². The molecule has 0 saturated heterocycles. The van der Waals surface area contributed by atoms with Crippen molar-refractivity contribution in [3.05, 3.63) is 29.8 Å². The highest BCUT2D eigenvalue weighted by Crippen LogP contribution is 2.26. The fourth-order valence-corrected chi connectivity index (χ4v) is 1.67. The number of carbonyl (C=O) groups excluding carboxylic acids is 1. The first-order chi connectivity index (χ1) is 9.99. The molecule has 22 heavy (non-hydrogen) atoms. The van der Waals surface area contributed by atoms with E-state index >= 15 is 0 Å². The standard InChI is InChI=1S/C15H21F3N2O2/c1-14(2,3)12(21)9-19-13(22)20-11-7-5-4-6-10(11)8-15(16,17)18/h4-7,12,21H,8-9H2,1-3H3,(H2,19,20,22). The highest BCUT2D eigenvalue weighted by atomic mass is 19.4. The van der Waals surface area contributed by atoms with Gasteiger partial charge in [-0.05, 0) is 17.0 Å². The number of aliphatic hydroxyl groups is 1. The van der Waals surface area contributed by atoms with Crippen molar-refractivity contribution in [3.8, 4) is 0 Å². The number of alkyl halides is 3. The first-order valence-corrected chi connectivity index (χ1v) is 6.86. The molecule has 3 N–H and O–H groups in total. The summed E-state index contributed by atoms with van der Waals surface area (Å²) in [6.07, 6.45) is -6.23. The fourth-order valence-electron chi connectivity index (χ4n) is 1.67. The van der Waals surface area contributed by atoms with Gasteiger partial charge in [-0.3, -0.25) is 0 Å². The summed E-state index contributed by atoms with van der Waals surface area (Å²) in [7, 11) is 0. The summed E-state index contributed by atoms with van der Waals surface area (Å²) in [6.45, 7) is 5.46. The van der Waals surface area contributed by atoms with Crippen molar-refractivity contribution in [3.63, 3.8) is 0 Å². The van der Waals surface area contributed by atoms with Crippen molar-refractivity contribution in [2.75, 3.05) is 11.9 Å². The maximum absolute atomic E-state index is 12.5. The van der Waals surface area contributed by atoms with Crippen LogP contribution in [-0.4, -0.2) is 30.0 Å². The van der Waals surface area contributed by atoms with Gasteiger partial charge >= 0.3 is 12.2 Å². The average Bonchev–Trinajstić information content (AvgIpc) is 2.35. The van der Waals surface area contributed by atoms with Crippen LogP contribution in [0.4, 0.5) is 23.7 Å². The zero-order valence-corrected chi connectivity index (χ0v) is 12.8. The van der Waals surface area contributed by atoms with Crippen molar-refractivity contribution < 1.29 is 23.1 Å². The maximum atomic E-state index is 12.5. The lowest BCUT2D eigenvalue weighted by atomic mass is 9.89. The van der Waals surface area contributed by atoms with Gasteiger partial charge in [0, 0.05) is 12.2 Å². The lowest BCUT2D eigenvalue weighted by Crippen LogP contribution is -2.41. The van der Waals surface area contributed by atoms with Crippen molar-refractivity contribution in [1.29, 1.82) is 0 Å². The summed E-state index contributed by atoms with van der Waals surface area (Å²) in [4.78, 5) is 11.7. The van der Waals surface area contributed by atoms with Gasteiger partial charge in [-0.1, -0.05) is 39.0 Å². The number of nitrogens with one attached hydrogen (secondary N) is 2. The van der Waals surface area contributed by atoms with Gasteiger partial charge in [0.15, 0.2) is 0 Å². The van der Waals surface area contributed by atoms with E-state index in [2.05, 4.69) is 10.6 Å². The molecule has 0 radical (unpaired) electrons. The molecule has 0 aliphatic heterocycles. The van der Waals surface area contributed by atoms with Crippen molar-refractivity contribution in [1.82, 2.24) is 5.32 Å². The van der Waals surface area contributed by atoms with Crippen LogP contribution in [0.5, 0.6) is 0 Å². The van der Waals surface area contributed by atoms with Crippen LogP contribution in [0.3, 0.4) is 0 Å². The van der Waals surface area contributed by atoms with Gasteiger partial charge in [-0.25, -0.2) is 4.79 Å². The van der Waals surface area contributed by atoms with E-state index in [-0.39, 0.29) is 17.8 Å². The van der Waals surface area contributed by atoms with Crippen LogP contribution in [0.15, 0.2) is 24.3 Å². The molecule has 0 saturated carbocycles. The molecule has 1 aromatic carbocycles. The predicted molar refractivity (Wildman–Crippen MR) is 78.7 cm³/mol. The Bertz CT molecular complexity index is 510. The van der Waals surface area contributed by atoms with Crippen LogP contribution in [0.2, 0.25) is 0 Å². The highest BCUT2D eigenvalue weighted by Gasteiger charge is 2.29. The van der Waals surface area contributed by atoms with Crippen molar-refractivity contribution >= 4 is 11.7 Å². The SMILES string of the molecule is CC(C)(C)C(O)CNC(=O)Nc1ccccc1CC(F)(F)F. The summed E-state index contributed by atoms with van der Waals surface area (Å²) in [5.74, 6) is 0. The molecule has 1 atom stereocenters. The van der Waals surface area contributed by atoms with E-state index in [0.29, 0.717) is 0 Å². The molecule has 1 rings (SSSR count). The number of hydrogen-bond acceptors (Lipinski definition) is 2. The largest absolute Gasteiger partial charge is 0.393 e. The molecular formula is C15H21F3N2O2. The Balaban J connectivity index is 2.65. The fraction of sp³-hybridized carbons (Fsp3) is 0.533. The normalized spacial score (nSPS) is 13.6. The first kappa shape index (κ1) is 18.3. The van der Waals surface area contributed by atoms with Gasteiger partial charge in [0.25, 0.3) is 0 Å². The minimum absolute atomic E-state index is 0.0107. The minimum Gasteiger partial charge on any atom is -0.391 e. The van der Waals surface area contributed by atoms with E-state index < -0.39 is 30.1 Å². The molecule has 124 valence electrons. The lowest BCUT2D eigenvalue weighted by molar-refractivity contribution is -0.127. The van der Waals surface area contributed by atoms with Crippen LogP contribution in [0, 0.1) is 5.41 Å². The van der Waals surface area contributed by atoms with Crippen LogP contribution in [0.25, 0.3) is 0 Å². The van der Waals surface area contributed by atoms with Gasteiger partial charge in [-0.15, -0.1) is 0 Å². The van der Waals surface area contributed by atoms with Gasteiger partial charge in [0.1, 0.15) is 0 Å². The summed E-state index contributed by atoms with van der Waals surface area (Å²) in [6, 6.07) is 5.08. The Labute approximate surface area is 127 Å². The third-order valence-corrected chi connectivity index (χ3v) is 3.11. The van der Waals surface area contributed by atoms with Crippen LogP contribution >= 0.6 is 0 Å². The molecule has 1 unspecified atom stereocenters. The topological polar surface area (TPSA) is 61.4 Å². The number of benzene rings is 1. The maximum Gasteiger partial charge on any atom is 0.393 e. The number of anilines is 1. The second kappa shape index (κ2) is 7.00. The van der Waals surface area contributed by atoms with Crippen molar-refractivity contribution in [2.45, 2.75) is 39.5 Å². The molecule has 7 heteroatoms. The molecule has 2 amide bonds. The van der Waals surface area contributed by atoms with Crippen LogP contribution < -0.4 is 10.6 Å². The Morgan fingerprint density at radius 1 is 1.23 bits per heavy atom. The van der Waals surface area contributed by atoms with Gasteiger partial charge in [0.2, 0.25) is 0 Å². The summed E-state index contributed by atoms with van der Waals surface area (Å²) < 4.78 is 37.4. The number of para-hydroxylation sites is 1. The molecule has 0 fully saturated rings. The molecule has 0 aliphatic rings. The number of rotatable bonds is 4. The average molecular weight is 318 g/mol. The number of aliphatic hydroxyl groups excluding tert-OH is 1. The second-order valence-corrected chi connectivity index (χ2v) is 6.17. The number of halogens is 3. The third kappa shape index (κ3) is 6.34. The Morgan fingerprint density at radius 3 is 2.36 bits per heavy atom. The first-order valence-electron chi connectivity index (χ1n) is 6.86. The summed E-state index contributed by atoms with van der Waals surface area (Å²) in [5.41, 5.74) is -0.314. The highest BCUT2D eigenvalue weighted by molar-refractivity contribution is 5.90. The smallest absolute Gasteiger partial charge is 0.391 e. The Morgan fingerprint density at radius 2 is 1.82 bits per heavy atom. The minimum atomic E-state index is -4.35. The van der Waals surface area contributed by atoms with E-state index in [1.807, 2.05) is 20.8 Å². The molecular weight excluding hydrogens is 297 g/mol. The third-order valence-electron chi connectivity index (χ3n) is 3.11. The Hall–Kier alpha value is -1.76.